The van der Waals surface area contributed by atoms with Gasteiger partial charge in [-0.25, -0.2) is 4.98 Å². The number of hydrogen-bond acceptors (Lipinski definition) is 3. The highest BCUT2D eigenvalue weighted by Crippen LogP contribution is 2.24. The first kappa shape index (κ1) is 13.5. The Morgan fingerprint density at radius 3 is 2.83 bits per heavy atom. The minimum Gasteiger partial charge on any atom is -0.316 e. The summed E-state index contributed by atoms with van der Waals surface area (Å²) < 4.78 is 1.31. The molecule has 1 unspecified atom stereocenters. The van der Waals surface area contributed by atoms with Crippen LogP contribution >= 0.6 is 11.3 Å². The van der Waals surface area contributed by atoms with Gasteiger partial charge in [0, 0.05) is 6.42 Å². The van der Waals surface area contributed by atoms with Gasteiger partial charge in [0.2, 0.25) is 0 Å². The summed E-state index contributed by atoms with van der Waals surface area (Å²) in [4.78, 5) is 4.72. The molecule has 3 heteroatoms. The zero-order valence-corrected chi connectivity index (χ0v) is 12.1. The normalized spacial score (nSPS) is 13.0. The number of aromatic nitrogens is 1. The number of benzene rings is 1. The highest BCUT2D eigenvalue weighted by atomic mass is 32.1. The smallest absolute Gasteiger partial charge is 0.0941 e. The molecule has 0 radical (unpaired) electrons. The van der Waals surface area contributed by atoms with Crippen molar-refractivity contribution in [2.24, 2.45) is 5.92 Å². The summed E-state index contributed by atoms with van der Waals surface area (Å²) in [5.74, 6) is 0.706. The third-order valence-electron chi connectivity index (χ3n) is 3.24. The van der Waals surface area contributed by atoms with Gasteiger partial charge in [0.25, 0.3) is 0 Å². The van der Waals surface area contributed by atoms with Gasteiger partial charge in [0.15, 0.2) is 0 Å². The first-order valence-electron chi connectivity index (χ1n) is 6.88. The maximum Gasteiger partial charge on any atom is 0.0941 e. The third kappa shape index (κ3) is 3.53. The van der Waals surface area contributed by atoms with Gasteiger partial charge in [-0.05, 0) is 37.6 Å². The maximum absolute atomic E-state index is 4.72. The Bertz CT molecular complexity index is 445. The standard InChI is InChI=1S/C15H22N2S/c1-3-9-16-11-12(4-2)10-15-17-13-7-5-6-8-14(13)18-15/h5-8,12,16H,3-4,9-11H2,1-2H3. The topological polar surface area (TPSA) is 24.9 Å². The summed E-state index contributed by atoms with van der Waals surface area (Å²) >= 11 is 1.84. The summed E-state index contributed by atoms with van der Waals surface area (Å²) in [6, 6.07) is 8.41. The van der Waals surface area contributed by atoms with E-state index in [4.69, 9.17) is 4.98 Å². The molecule has 0 bridgehead atoms. The van der Waals surface area contributed by atoms with Crippen LogP contribution in [-0.4, -0.2) is 18.1 Å². The molecule has 18 heavy (non-hydrogen) atoms. The SMILES string of the molecule is CCCNCC(CC)Cc1nc2ccccc2s1. The number of thiazole rings is 1. The molecule has 1 aromatic carbocycles. The lowest BCUT2D eigenvalue weighted by atomic mass is 10.0. The Balaban J connectivity index is 1.97. The molecule has 0 amide bonds. The molecule has 0 aliphatic carbocycles. The molecule has 1 heterocycles. The van der Waals surface area contributed by atoms with Crippen LogP contribution in [0.25, 0.3) is 10.2 Å². The van der Waals surface area contributed by atoms with Gasteiger partial charge in [-0.1, -0.05) is 32.4 Å². The number of nitrogens with zero attached hydrogens (tertiary/aromatic N) is 1. The van der Waals surface area contributed by atoms with Crippen molar-refractivity contribution in [1.29, 1.82) is 0 Å². The van der Waals surface area contributed by atoms with Crippen LogP contribution < -0.4 is 5.32 Å². The number of hydrogen-bond donors (Lipinski definition) is 1. The molecular formula is C15H22N2S. The second-order valence-corrected chi connectivity index (χ2v) is 5.87. The molecule has 0 saturated carbocycles. The summed E-state index contributed by atoms with van der Waals surface area (Å²) in [5.41, 5.74) is 1.15. The molecule has 1 aromatic heterocycles. The van der Waals surface area contributed by atoms with Crippen molar-refractivity contribution >= 4 is 21.6 Å². The third-order valence-corrected chi connectivity index (χ3v) is 4.30. The highest BCUT2D eigenvalue weighted by molar-refractivity contribution is 7.18. The second kappa shape index (κ2) is 6.86. The van der Waals surface area contributed by atoms with E-state index < -0.39 is 0 Å². The fourth-order valence-electron chi connectivity index (χ4n) is 2.10. The minimum absolute atomic E-state index is 0.706. The number of fused-ring (bicyclic) bond motifs is 1. The van der Waals surface area contributed by atoms with Crippen molar-refractivity contribution < 1.29 is 0 Å². The summed E-state index contributed by atoms with van der Waals surface area (Å²) in [5, 5.41) is 4.80. The quantitative estimate of drug-likeness (QED) is 0.766. The fraction of sp³-hybridized carbons (Fsp3) is 0.533. The van der Waals surface area contributed by atoms with E-state index in [1.165, 1.54) is 22.5 Å². The van der Waals surface area contributed by atoms with Crippen molar-refractivity contribution in [3.05, 3.63) is 29.3 Å². The Morgan fingerprint density at radius 2 is 2.11 bits per heavy atom. The predicted octanol–water partition coefficient (Wildman–Crippen LogP) is 3.86. The minimum atomic E-state index is 0.706. The summed E-state index contributed by atoms with van der Waals surface area (Å²) in [7, 11) is 0. The largest absolute Gasteiger partial charge is 0.316 e. The van der Waals surface area contributed by atoms with Crippen molar-refractivity contribution in [3.63, 3.8) is 0 Å². The molecule has 2 nitrogen and oxygen atoms in total. The second-order valence-electron chi connectivity index (χ2n) is 4.76. The van der Waals surface area contributed by atoms with E-state index in [1.807, 2.05) is 11.3 Å². The van der Waals surface area contributed by atoms with Gasteiger partial charge in [0.1, 0.15) is 0 Å². The van der Waals surface area contributed by atoms with Gasteiger partial charge in [-0.15, -0.1) is 11.3 Å². The Hall–Kier alpha value is -0.930. The van der Waals surface area contributed by atoms with Crippen molar-refractivity contribution in [1.82, 2.24) is 10.3 Å². The molecular weight excluding hydrogens is 240 g/mol. The van der Waals surface area contributed by atoms with Gasteiger partial charge >= 0.3 is 0 Å². The molecule has 0 saturated heterocycles. The van der Waals surface area contributed by atoms with Gasteiger partial charge < -0.3 is 5.32 Å². The lowest BCUT2D eigenvalue weighted by Gasteiger charge is -2.13. The highest BCUT2D eigenvalue weighted by Gasteiger charge is 2.10. The van der Waals surface area contributed by atoms with E-state index in [0.717, 1.165) is 25.0 Å². The molecule has 2 rings (SSSR count). The van der Waals surface area contributed by atoms with Crippen LogP contribution in [0.15, 0.2) is 24.3 Å². The molecule has 0 spiro atoms. The van der Waals surface area contributed by atoms with Gasteiger partial charge in [-0.2, -0.15) is 0 Å². The van der Waals surface area contributed by atoms with Crippen LogP contribution in [0.5, 0.6) is 0 Å². The monoisotopic (exact) mass is 262 g/mol. The zero-order chi connectivity index (χ0) is 12.8. The maximum atomic E-state index is 4.72. The average Bonchev–Trinajstić information content (AvgIpc) is 2.80. The zero-order valence-electron chi connectivity index (χ0n) is 11.3. The van der Waals surface area contributed by atoms with Crippen molar-refractivity contribution in [2.75, 3.05) is 13.1 Å². The number of nitrogens with one attached hydrogen (secondary N) is 1. The van der Waals surface area contributed by atoms with E-state index >= 15 is 0 Å². The molecule has 0 aliphatic heterocycles. The van der Waals surface area contributed by atoms with Gasteiger partial charge in [-0.3, -0.25) is 0 Å². The van der Waals surface area contributed by atoms with E-state index in [9.17, 15) is 0 Å². The molecule has 0 fully saturated rings. The number of para-hydroxylation sites is 1. The summed E-state index contributed by atoms with van der Waals surface area (Å²) in [6.07, 6.45) is 3.52. The van der Waals surface area contributed by atoms with E-state index in [0.29, 0.717) is 5.92 Å². The number of rotatable bonds is 7. The molecule has 2 aromatic rings. The first-order valence-corrected chi connectivity index (χ1v) is 7.70. The Kier molecular flexibility index (Phi) is 5.14. The molecule has 1 N–H and O–H groups in total. The van der Waals surface area contributed by atoms with E-state index in [2.05, 4.69) is 43.4 Å². The Morgan fingerprint density at radius 1 is 1.28 bits per heavy atom. The fourth-order valence-corrected chi connectivity index (χ4v) is 3.18. The van der Waals surface area contributed by atoms with E-state index in [-0.39, 0.29) is 0 Å². The van der Waals surface area contributed by atoms with Crippen molar-refractivity contribution in [2.45, 2.75) is 33.1 Å². The lowest BCUT2D eigenvalue weighted by Crippen LogP contribution is -2.24. The Labute approximate surface area is 113 Å². The average molecular weight is 262 g/mol. The molecule has 1 atom stereocenters. The van der Waals surface area contributed by atoms with Crippen LogP contribution in [0.3, 0.4) is 0 Å². The van der Waals surface area contributed by atoms with Gasteiger partial charge in [0.05, 0.1) is 15.2 Å². The predicted molar refractivity (Wildman–Crippen MR) is 80.3 cm³/mol. The lowest BCUT2D eigenvalue weighted by molar-refractivity contribution is 0.460. The molecule has 0 aliphatic rings. The molecule has 98 valence electrons. The summed E-state index contributed by atoms with van der Waals surface area (Å²) in [6.45, 7) is 6.71. The van der Waals surface area contributed by atoms with Crippen LogP contribution in [0.2, 0.25) is 0 Å². The van der Waals surface area contributed by atoms with Crippen LogP contribution in [0, 0.1) is 5.92 Å². The first-order chi connectivity index (χ1) is 8.83. The van der Waals surface area contributed by atoms with Crippen LogP contribution in [0.1, 0.15) is 31.7 Å². The van der Waals surface area contributed by atoms with Crippen LogP contribution in [0.4, 0.5) is 0 Å². The van der Waals surface area contributed by atoms with Crippen molar-refractivity contribution in [3.8, 4) is 0 Å². The van der Waals surface area contributed by atoms with Crippen LogP contribution in [-0.2, 0) is 6.42 Å². The van der Waals surface area contributed by atoms with E-state index in [1.54, 1.807) is 0 Å².